The second-order valence-corrected chi connectivity index (χ2v) is 7.32. The standard InChI is InChI=1S/C27H28O5/c1-3-6-25(21-7-5-8-24(17-21)32-18-26(30)31-4-2)27(19-9-13-22(28)14-10-19)20-11-15-23(29)16-12-20/h5,7-17,28-29H,3-4,6,18H2,1-2H3. The number of carbonyl (C=O) groups is 1. The summed E-state index contributed by atoms with van der Waals surface area (Å²) in [4.78, 5) is 11.7. The van der Waals surface area contributed by atoms with E-state index in [2.05, 4.69) is 6.92 Å². The summed E-state index contributed by atoms with van der Waals surface area (Å²) in [5.74, 6) is 0.575. The van der Waals surface area contributed by atoms with E-state index in [4.69, 9.17) is 9.47 Å². The normalized spacial score (nSPS) is 10.4. The second-order valence-electron chi connectivity index (χ2n) is 7.32. The Bertz CT molecular complexity index is 1020. The van der Waals surface area contributed by atoms with Crippen LogP contribution in [0, 0.1) is 0 Å². The molecule has 0 unspecified atom stereocenters. The molecule has 0 atom stereocenters. The molecule has 0 spiro atoms. The van der Waals surface area contributed by atoms with Crippen LogP contribution in [0.15, 0.2) is 72.8 Å². The minimum Gasteiger partial charge on any atom is -0.508 e. The smallest absolute Gasteiger partial charge is 0.344 e. The Balaban J connectivity index is 2.10. The average Bonchev–Trinajstić information content (AvgIpc) is 2.80. The molecule has 0 fully saturated rings. The molecule has 0 heterocycles. The number of ether oxygens (including phenoxy) is 2. The molecule has 166 valence electrons. The summed E-state index contributed by atoms with van der Waals surface area (Å²) in [7, 11) is 0. The molecule has 0 radical (unpaired) electrons. The maximum atomic E-state index is 11.7. The highest BCUT2D eigenvalue weighted by atomic mass is 16.6. The number of hydrogen-bond donors (Lipinski definition) is 2. The summed E-state index contributed by atoms with van der Waals surface area (Å²) in [6.07, 6.45) is 1.72. The highest BCUT2D eigenvalue weighted by Gasteiger charge is 2.15. The number of allylic oxidation sites excluding steroid dienone is 1. The number of carbonyl (C=O) groups excluding carboxylic acids is 1. The highest BCUT2D eigenvalue weighted by molar-refractivity contribution is 5.98. The summed E-state index contributed by atoms with van der Waals surface area (Å²) in [6.45, 7) is 4.04. The van der Waals surface area contributed by atoms with E-state index in [-0.39, 0.29) is 18.1 Å². The van der Waals surface area contributed by atoms with E-state index in [0.717, 1.165) is 40.7 Å². The minimum absolute atomic E-state index is 0.146. The van der Waals surface area contributed by atoms with E-state index in [0.29, 0.717) is 12.4 Å². The van der Waals surface area contributed by atoms with Crippen LogP contribution in [0.1, 0.15) is 43.4 Å². The van der Waals surface area contributed by atoms with Crippen molar-refractivity contribution < 1.29 is 24.5 Å². The molecule has 0 aromatic heterocycles. The van der Waals surface area contributed by atoms with Crippen molar-refractivity contribution >= 4 is 17.1 Å². The van der Waals surface area contributed by atoms with Gasteiger partial charge < -0.3 is 19.7 Å². The van der Waals surface area contributed by atoms with Crippen molar-refractivity contribution in [3.05, 3.63) is 89.5 Å². The van der Waals surface area contributed by atoms with Gasteiger partial charge in [0.25, 0.3) is 0 Å². The minimum atomic E-state index is -0.406. The van der Waals surface area contributed by atoms with E-state index in [1.807, 2.05) is 48.5 Å². The largest absolute Gasteiger partial charge is 0.508 e. The number of benzene rings is 3. The van der Waals surface area contributed by atoms with Crippen molar-refractivity contribution in [1.82, 2.24) is 0 Å². The van der Waals surface area contributed by atoms with Crippen LogP contribution in [0.4, 0.5) is 0 Å². The molecule has 3 aromatic carbocycles. The predicted molar refractivity (Wildman–Crippen MR) is 126 cm³/mol. The molecule has 2 N–H and O–H groups in total. The molecule has 0 aliphatic rings. The van der Waals surface area contributed by atoms with E-state index in [9.17, 15) is 15.0 Å². The number of phenolic OH excluding ortho intramolecular Hbond substituents is 2. The Morgan fingerprint density at radius 2 is 1.41 bits per heavy atom. The highest BCUT2D eigenvalue weighted by Crippen LogP contribution is 2.37. The Hall–Kier alpha value is -3.73. The molecular formula is C27H28O5. The van der Waals surface area contributed by atoms with E-state index < -0.39 is 5.97 Å². The van der Waals surface area contributed by atoms with Crippen LogP contribution in [0.3, 0.4) is 0 Å². The first kappa shape index (κ1) is 22.9. The monoisotopic (exact) mass is 432 g/mol. The van der Waals surface area contributed by atoms with Crippen molar-refractivity contribution in [2.24, 2.45) is 0 Å². The van der Waals surface area contributed by atoms with Crippen molar-refractivity contribution in [1.29, 1.82) is 0 Å². The van der Waals surface area contributed by atoms with Crippen LogP contribution in [-0.2, 0) is 9.53 Å². The van der Waals surface area contributed by atoms with Crippen LogP contribution in [-0.4, -0.2) is 29.4 Å². The first-order chi connectivity index (χ1) is 15.5. The maximum Gasteiger partial charge on any atom is 0.344 e. The van der Waals surface area contributed by atoms with Gasteiger partial charge in [-0.1, -0.05) is 49.7 Å². The van der Waals surface area contributed by atoms with Gasteiger partial charge in [0.15, 0.2) is 6.61 Å². The lowest BCUT2D eigenvalue weighted by atomic mass is 9.87. The number of esters is 1. The molecular weight excluding hydrogens is 404 g/mol. The number of aromatic hydroxyl groups is 2. The fourth-order valence-corrected chi connectivity index (χ4v) is 3.55. The van der Waals surface area contributed by atoms with Crippen molar-refractivity contribution in [3.8, 4) is 17.2 Å². The van der Waals surface area contributed by atoms with Crippen LogP contribution >= 0.6 is 0 Å². The van der Waals surface area contributed by atoms with Gasteiger partial charge in [-0.3, -0.25) is 0 Å². The zero-order valence-electron chi connectivity index (χ0n) is 18.4. The third kappa shape index (κ3) is 5.91. The summed E-state index contributed by atoms with van der Waals surface area (Å²) in [5.41, 5.74) is 4.99. The molecule has 0 bridgehead atoms. The van der Waals surface area contributed by atoms with Gasteiger partial charge in [0.05, 0.1) is 6.61 Å². The fraction of sp³-hybridized carbons (Fsp3) is 0.222. The quantitative estimate of drug-likeness (QED) is 0.330. The van der Waals surface area contributed by atoms with Crippen molar-refractivity contribution in [2.75, 3.05) is 13.2 Å². The fourth-order valence-electron chi connectivity index (χ4n) is 3.55. The number of hydrogen-bond acceptors (Lipinski definition) is 5. The Morgan fingerprint density at radius 1 is 0.812 bits per heavy atom. The van der Waals surface area contributed by atoms with Gasteiger partial charge in [-0.15, -0.1) is 0 Å². The molecule has 5 heteroatoms. The van der Waals surface area contributed by atoms with E-state index in [1.54, 1.807) is 31.2 Å². The molecule has 0 aliphatic carbocycles. The first-order valence-electron chi connectivity index (χ1n) is 10.7. The zero-order chi connectivity index (χ0) is 22.9. The van der Waals surface area contributed by atoms with Crippen LogP contribution in [0.5, 0.6) is 17.2 Å². The number of rotatable bonds is 9. The maximum absolute atomic E-state index is 11.7. The molecule has 0 aliphatic heterocycles. The Morgan fingerprint density at radius 3 is 1.94 bits per heavy atom. The third-order valence-corrected chi connectivity index (χ3v) is 4.96. The molecule has 0 amide bonds. The molecule has 3 aromatic rings. The molecule has 5 nitrogen and oxygen atoms in total. The lowest BCUT2D eigenvalue weighted by molar-refractivity contribution is -0.145. The van der Waals surface area contributed by atoms with Crippen molar-refractivity contribution in [3.63, 3.8) is 0 Å². The lowest BCUT2D eigenvalue weighted by Gasteiger charge is -2.18. The van der Waals surface area contributed by atoms with Crippen LogP contribution in [0.2, 0.25) is 0 Å². The Kier molecular flexibility index (Phi) is 7.92. The molecule has 32 heavy (non-hydrogen) atoms. The van der Waals surface area contributed by atoms with Crippen molar-refractivity contribution in [2.45, 2.75) is 26.7 Å². The topological polar surface area (TPSA) is 76.0 Å². The zero-order valence-corrected chi connectivity index (χ0v) is 18.4. The SMILES string of the molecule is CCCC(=C(c1ccc(O)cc1)c1ccc(O)cc1)c1cccc(OCC(=O)OCC)c1. The van der Waals surface area contributed by atoms with Crippen LogP contribution in [0.25, 0.3) is 11.1 Å². The van der Waals surface area contributed by atoms with Gasteiger partial charge in [0, 0.05) is 0 Å². The van der Waals surface area contributed by atoms with Gasteiger partial charge in [0.1, 0.15) is 17.2 Å². The summed E-state index contributed by atoms with van der Waals surface area (Å²) >= 11 is 0. The molecule has 0 saturated heterocycles. The van der Waals surface area contributed by atoms with Gasteiger partial charge in [0.2, 0.25) is 0 Å². The van der Waals surface area contributed by atoms with E-state index >= 15 is 0 Å². The predicted octanol–water partition coefficient (Wildman–Crippen LogP) is 5.80. The number of phenols is 2. The van der Waals surface area contributed by atoms with Gasteiger partial charge in [-0.05, 0) is 77.6 Å². The van der Waals surface area contributed by atoms with Crippen LogP contribution < -0.4 is 4.74 Å². The van der Waals surface area contributed by atoms with Gasteiger partial charge in [-0.2, -0.15) is 0 Å². The average molecular weight is 433 g/mol. The third-order valence-electron chi connectivity index (χ3n) is 4.96. The van der Waals surface area contributed by atoms with Gasteiger partial charge >= 0.3 is 5.97 Å². The van der Waals surface area contributed by atoms with E-state index in [1.165, 1.54) is 0 Å². The lowest BCUT2D eigenvalue weighted by Crippen LogP contribution is -2.14. The first-order valence-corrected chi connectivity index (χ1v) is 10.7. The van der Waals surface area contributed by atoms with Gasteiger partial charge in [-0.25, -0.2) is 4.79 Å². The summed E-state index contributed by atoms with van der Waals surface area (Å²) in [5, 5.41) is 19.6. The summed E-state index contributed by atoms with van der Waals surface area (Å²) < 4.78 is 10.6. The Labute approximate surface area is 188 Å². The molecule has 0 saturated carbocycles. The summed E-state index contributed by atoms with van der Waals surface area (Å²) in [6, 6.07) is 21.8. The molecule has 3 rings (SSSR count). The second kappa shape index (κ2) is 11.0.